The number of fused-ring (bicyclic) bond motifs is 1. The molecule has 144 valence electrons. The Bertz CT molecular complexity index is 1130. The molecule has 3 heterocycles. The lowest BCUT2D eigenvalue weighted by molar-refractivity contribution is 0.217. The van der Waals surface area contributed by atoms with Crippen LogP contribution in [0.1, 0.15) is 5.56 Å². The molecule has 2 atom stereocenters. The average Bonchev–Trinajstić information content (AvgIpc) is 3.28. The maximum absolute atomic E-state index is 14.4. The van der Waals surface area contributed by atoms with Crippen molar-refractivity contribution < 1.29 is 21.6 Å². The van der Waals surface area contributed by atoms with E-state index in [1.54, 1.807) is 14.0 Å². The van der Waals surface area contributed by atoms with Crippen LogP contribution in [0.25, 0.3) is 22.3 Å². The van der Waals surface area contributed by atoms with E-state index in [2.05, 4.69) is 15.1 Å². The van der Waals surface area contributed by atoms with Crippen LogP contribution in [0.5, 0.6) is 0 Å². The molecule has 1 fully saturated rings. The summed E-state index contributed by atoms with van der Waals surface area (Å²) < 4.78 is 69.0. The van der Waals surface area contributed by atoms with Gasteiger partial charge >= 0.3 is 0 Å². The number of aromatic nitrogens is 4. The third-order valence-corrected chi connectivity index (χ3v) is 6.38. The van der Waals surface area contributed by atoms with Gasteiger partial charge in [-0.2, -0.15) is 9.40 Å². The number of nitrogens with one attached hydrogen (secondary N) is 1. The van der Waals surface area contributed by atoms with E-state index in [0.29, 0.717) is 17.0 Å². The van der Waals surface area contributed by atoms with Gasteiger partial charge in [-0.15, -0.1) is 0 Å². The predicted molar refractivity (Wildman–Crippen MR) is 91.5 cm³/mol. The van der Waals surface area contributed by atoms with Crippen LogP contribution in [-0.4, -0.2) is 57.9 Å². The first-order valence-corrected chi connectivity index (χ1v) is 9.58. The minimum atomic E-state index is -4.20. The van der Waals surface area contributed by atoms with Gasteiger partial charge in [0.15, 0.2) is 5.82 Å². The molecule has 1 N–H and O–H groups in total. The summed E-state index contributed by atoms with van der Waals surface area (Å²) in [6.07, 6.45) is -2.28. The molecule has 27 heavy (non-hydrogen) atoms. The Hall–Kier alpha value is -2.40. The molecule has 1 saturated heterocycles. The summed E-state index contributed by atoms with van der Waals surface area (Å²) in [6.45, 7) is 0.515. The van der Waals surface area contributed by atoms with E-state index in [1.165, 1.54) is 23.1 Å². The number of sulfonamides is 1. The van der Waals surface area contributed by atoms with E-state index in [9.17, 15) is 21.6 Å². The molecule has 4 rings (SSSR count). The van der Waals surface area contributed by atoms with Crippen LogP contribution in [0.15, 0.2) is 23.5 Å². The number of halogens is 3. The third kappa shape index (κ3) is 2.81. The highest BCUT2D eigenvalue weighted by Crippen LogP contribution is 2.34. The topological polar surface area (TPSA) is 83.9 Å². The van der Waals surface area contributed by atoms with Gasteiger partial charge in [-0.05, 0) is 24.6 Å². The standard InChI is InChI=1S/C16H16F3N5O2S/c1-8-3-10(17)15-9(14(8)16-20-7-23(2)22-16)4-13(21-15)27(25,26)24-5-11(18)12(19)6-24/h3-4,7,11-12,21H,5-6H2,1-2H3/t11-,12+. The third-order valence-electron chi connectivity index (χ3n) is 4.63. The van der Waals surface area contributed by atoms with Gasteiger partial charge in [0.05, 0.1) is 5.52 Å². The van der Waals surface area contributed by atoms with Crippen molar-refractivity contribution in [2.75, 3.05) is 13.1 Å². The van der Waals surface area contributed by atoms with Gasteiger partial charge in [-0.3, -0.25) is 4.68 Å². The van der Waals surface area contributed by atoms with E-state index in [4.69, 9.17) is 0 Å². The van der Waals surface area contributed by atoms with Crippen molar-refractivity contribution in [1.82, 2.24) is 24.1 Å². The second kappa shape index (κ2) is 6.06. The number of rotatable bonds is 3. The van der Waals surface area contributed by atoms with Crippen LogP contribution < -0.4 is 0 Å². The number of alkyl halides is 2. The van der Waals surface area contributed by atoms with Crippen molar-refractivity contribution in [2.24, 2.45) is 7.05 Å². The summed E-state index contributed by atoms with van der Waals surface area (Å²) in [4.78, 5) is 6.69. The molecule has 0 unspecified atom stereocenters. The molecular weight excluding hydrogens is 383 g/mol. The van der Waals surface area contributed by atoms with E-state index >= 15 is 0 Å². The molecule has 2 aromatic heterocycles. The molecule has 3 aromatic rings. The summed E-state index contributed by atoms with van der Waals surface area (Å²) in [6, 6.07) is 2.51. The molecule has 0 radical (unpaired) electrons. The van der Waals surface area contributed by atoms with Crippen molar-refractivity contribution in [2.45, 2.75) is 24.3 Å². The second-order valence-electron chi connectivity index (χ2n) is 6.57. The molecule has 0 amide bonds. The summed E-state index contributed by atoms with van der Waals surface area (Å²) in [5.74, 6) is -0.325. The van der Waals surface area contributed by atoms with Crippen LogP contribution in [0.4, 0.5) is 13.2 Å². The van der Waals surface area contributed by atoms with Crippen molar-refractivity contribution in [3.05, 3.63) is 29.8 Å². The fourth-order valence-corrected chi connectivity index (χ4v) is 4.73. The van der Waals surface area contributed by atoms with Gasteiger partial charge in [0.1, 0.15) is 29.5 Å². The number of aromatic amines is 1. The van der Waals surface area contributed by atoms with E-state index in [-0.39, 0.29) is 15.9 Å². The Labute approximate surface area is 152 Å². The van der Waals surface area contributed by atoms with Crippen molar-refractivity contribution in [1.29, 1.82) is 0 Å². The Morgan fingerprint density at radius 1 is 1.22 bits per heavy atom. The monoisotopic (exact) mass is 399 g/mol. The largest absolute Gasteiger partial charge is 0.342 e. The first-order chi connectivity index (χ1) is 12.7. The second-order valence-corrected chi connectivity index (χ2v) is 8.47. The highest BCUT2D eigenvalue weighted by molar-refractivity contribution is 7.89. The molecule has 0 bridgehead atoms. The van der Waals surface area contributed by atoms with Crippen LogP contribution in [0, 0.1) is 12.7 Å². The summed E-state index contributed by atoms with van der Waals surface area (Å²) in [5.41, 5.74) is 0.982. The number of hydrogen-bond acceptors (Lipinski definition) is 4. The fraction of sp³-hybridized carbons (Fsp3) is 0.375. The quantitative estimate of drug-likeness (QED) is 0.731. The zero-order chi connectivity index (χ0) is 19.5. The molecule has 0 spiro atoms. The van der Waals surface area contributed by atoms with Crippen molar-refractivity contribution in [3.8, 4) is 11.4 Å². The number of nitrogens with zero attached hydrogens (tertiary/aromatic N) is 4. The van der Waals surface area contributed by atoms with Gasteiger partial charge in [0, 0.05) is 31.1 Å². The highest BCUT2D eigenvalue weighted by Gasteiger charge is 2.40. The zero-order valence-electron chi connectivity index (χ0n) is 14.4. The minimum absolute atomic E-state index is 0.0329. The molecular formula is C16H16F3N5O2S. The molecule has 1 aliphatic heterocycles. The lowest BCUT2D eigenvalue weighted by atomic mass is 10.0. The lowest BCUT2D eigenvalue weighted by Gasteiger charge is -2.13. The molecule has 0 saturated carbocycles. The molecule has 1 aliphatic rings. The summed E-state index contributed by atoms with van der Waals surface area (Å²) in [5, 5.41) is 4.15. The van der Waals surface area contributed by atoms with Crippen LogP contribution >= 0.6 is 0 Å². The number of hydrogen-bond donors (Lipinski definition) is 1. The van der Waals surface area contributed by atoms with Crippen LogP contribution in [0.3, 0.4) is 0 Å². The van der Waals surface area contributed by atoms with E-state index < -0.39 is 41.3 Å². The Morgan fingerprint density at radius 3 is 2.48 bits per heavy atom. The van der Waals surface area contributed by atoms with Gasteiger partial charge in [-0.25, -0.2) is 26.6 Å². The molecule has 11 heteroatoms. The van der Waals surface area contributed by atoms with Gasteiger partial charge in [-0.1, -0.05) is 0 Å². The maximum atomic E-state index is 14.4. The number of benzene rings is 1. The molecule has 1 aromatic carbocycles. The Morgan fingerprint density at radius 2 is 1.89 bits per heavy atom. The summed E-state index contributed by atoms with van der Waals surface area (Å²) >= 11 is 0. The molecule has 0 aliphatic carbocycles. The zero-order valence-corrected chi connectivity index (χ0v) is 15.3. The fourth-order valence-electron chi connectivity index (χ4n) is 3.28. The van der Waals surface area contributed by atoms with Crippen LogP contribution in [-0.2, 0) is 17.1 Å². The SMILES string of the molecule is Cc1cc(F)c2[nH]c(S(=O)(=O)N3C[C@@H](F)[C@@H](F)C3)cc2c1-c1ncn(C)n1. The molecule has 7 nitrogen and oxygen atoms in total. The minimum Gasteiger partial charge on any atom is -0.342 e. The Balaban J connectivity index is 1.89. The van der Waals surface area contributed by atoms with E-state index in [0.717, 1.165) is 4.31 Å². The lowest BCUT2D eigenvalue weighted by Crippen LogP contribution is -2.29. The number of aryl methyl sites for hydroxylation is 2. The smallest absolute Gasteiger partial charge is 0.258 e. The van der Waals surface area contributed by atoms with Gasteiger partial charge < -0.3 is 4.98 Å². The first-order valence-electron chi connectivity index (χ1n) is 8.14. The first kappa shape index (κ1) is 18.0. The van der Waals surface area contributed by atoms with Gasteiger partial charge in [0.25, 0.3) is 10.0 Å². The van der Waals surface area contributed by atoms with Gasteiger partial charge in [0.2, 0.25) is 0 Å². The van der Waals surface area contributed by atoms with Crippen LogP contribution in [0.2, 0.25) is 0 Å². The maximum Gasteiger partial charge on any atom is 0.258 e. The predicted octanol–water partition coefficient (Wildman–Crippen LogP) is 2.09. The highest BCUT2D eigenvalue weighted by atomic mass is 32.2. The van der Waals surface area contributed by atoms with E-state index in [1.807, 2.05) is 0 Å². The van der Waals surface area contributed by atoms with Crippen molar-refractivity contribution in [3.63, 3.8) is 0 Å². The normalized spacial score (nSPS) is 21.4. The summed E-state index contributed by atoms with van der Waals surface area (Å²) in [7, 11) is -2.53. The Kier molecular flexibility index (Phi) is 4.04. The number of H-pyrrole nitrogens is 1. The van der Waals surface area contributed by atoms with Crippen molar-refractivity contribution >= 4 is 20.9 Å². The average molecular weight is 399 g/mol.